The van der Waals surface area contributed by atoms with Crippen LogP contribution in [0.2, 0.25) is 0 Å². The lowest BCUT2D eigenvalue weighted by Gasteiger charge is -2.68. The first kappa shape index (κ1) is 18.8. The van der Waals surface area contributed by atoms with E-state index in [9.17, 15) is 13.2 Å². The average Bonchev–Trinajstić information content (AvgIpc) is 2.49. The van der Waals surface area contributed by atoms with Crippen LogP contribution in [0, 0.1) is 35.5 Å². The first-order valence-electron chi connectivity index (χ1n) is 11.3. The van der Waals surface area contributed by atoms with Crippen LogP contribution in [0.15, 0.2) is 0 Å². The maximum absolute atomic E-state index is 15.5. The van der Waals surface area contributed by atoms with Crippen molar-refractivity contribution in [3.63, 3.8) is 0 Å². The molecule has 0 unspecified atom stereocenters. The number of hydrogen-bond acceptors (Lipinski definition) is 0. The number of hydrogen-bond donors (Lipinski definition) is 0. The van der Waals surface area contributed by atoms with Gasteiger partial charge in [-0.2, -0.15) is 22.0 Å². The van der Waals surface area contributed by atoms with Crippen molar-refractivity contribution in [3.05, 3.63) is 0 Å². The number of rotatable bonds is 3. The van der Waals surface area contributed by atoms with Crippen molar-refractivity contribution in [1.29, 1.82) is 0 Å². The van der Waals surface area contributed by atoms with Crippen LogP contribution in [0.1, 0.15) is 77.0 Å². The van der Waals surface area contributed by atoms with Gasteiger partial charge in [0.25, 0.3) is 0 Å². The SMILES string of the molecule is FC(F)(F)C(F)(F)P(C12CC3CC(CC(C3)C1)C2)C12CC3CC(CC(C3)C1)C2. The molecule has 0 atom stereocenters. The molecule has 0 nitrogen and oxygen atoms in total. The van der Waals surface area contributed by atoms with Crippen LogP contribution in [0.4, 0.5) is 22.0 Å². The third-order valence-electron chi connectivity index (χ3n) is 9.58. The molecular weight excluding hydrogens is 390 g/mol. The van der Waals surface area contributed by atoms with Crippen molar-refractivity contribution in [2.75, 3.05) is 0 Å². The monoisotopic (exact) mass is 420 g/mol. The van der Waals surface area contributed by atoms with Crippen molar-refractivity contribution in [2.24, 2.45) is 35.5 Å². The predicted octanol–water partition coefficient (Wildman–Crippen LogP) is 7.56. The number of halogens is 5. The highest BCUT2D eigenvalue weighted by atomic mass is 31.1. The van der Waals surface area contributed by atoms with E-state index in [1.807, 2.05) is 0 Å². The van der Waals surface area contributed by atoms with E-state index in [1.54, 1.807) is 0 Å². The Labute approximate surface area is 165 Å². The van der Waals surface area contributed by atoms with Gasteiger partial charge in [0.2, 0.25) is 0 Å². The quantitative estimate of drug-likeness (QED) is 0.326. The van der Waals surface area contributed by atoms with Gasteiger partial charge in [0, 0.05) is 0 Å². The van der Waals surface area contributed by atoms with E-state index in [0.717, 1.165) is 38.5 Å². The van der Waals surface area contributed by atoms with Gasteiger partial charge < -0.3 is 0 Å². The first-order chi connectivity index (χ1) is 13.1. The first-order valence-corrected chi connectivity index (χ1v) is 12.7. The van der Waals surface area contributed by atoms with E-state index in [2.05, 4.69) is 0 Å². The van der Waals surface area contributed by atoms with Gasteiger partial charge in [-0.3, -0.25) is 0 Å². The average molecular weight is 420 g/mol. The Balaban J connectivity index is 1.48. The van der Waals surface area contributed by atoms with Crippen LogP contribution < -0.4 is 0 Å². The topological polar surface area (TPSA) is 0 Å². The Hall–Kier alpha value is 0.0800. The van der Waals surface area contributed by atoms with Gasteiger partial charge >= 0.3 is 11.8 Å². The highest BCUT2D eigenvalue weighted by Gasteiger charge is 2.75. The van der Waals surface area contributed by atoms with E-state index < -0.39 is 30.1 Å². The molecule has 0 radical (unpaired) electrons. The second-order valence-electron chi connectivity index (χ2n) is 11.7. The molecule has 158 valence electrons. The van der Waals surface area contributed by atoms with Gasteiger partial charge in [0.05, 0.1) is 0 Å². The second-order valence-corrected chi connectivity index (χ2v) is 14.8. The van der Waals surface area contributed by atoms with Gasteiger partial charge in [-0.25, -0.2) is 0 Å². The Morgan fingerprint density at radius 2 is 0.750 bits per heavy atom. The molecule has 0 heterocycles. The summed E-state index contributed by atoms with van der Waals surface area (Å²) in [6.07, 6.45) is 5.10. The van der Waals surface area contributed by atoms with Crippen LogP contribution in [0.3, 0.4) is 0 Å². The second kappa shape index (κ2) is 5.65. The lowest BCUT2D eigenvalue weighted by molar-refractivity contribution is -0.243. The largest absolute Gasteiger partial charge is 0.457 e. The zero-order chi connectivity index (χ0) is 19.5. The summed E-state index contributed by atoms with van der Waals surface area (Å²) in [6.45, 7) is 0. The zero-order valence-corrected chi connectivity index (χ0v) is 17.2. The summed E-state index contributed by atoms with van der Waals surface area (Å²) in [4.78, 5) is 0. The fraction of sp³-hybridized carbons (Fsp3) is 1.00. The normalized spacial score (nSPS) is 53.0. The molecule has 0 aromatic heterocycles. The van der Waals surface area contributed by atoms with Crippen molar-refractivity contribution in [3.8, 4) is 0 Å². The minimum Gasteiger partial charge on any atom is -0.191 e. The van der Waals surface area contributed by atoms with Crippen LogP contribution in [0.25, 0.3) is 0 Å². The molecule has 0 aromatic rings. The third kappa shape index (κ3) is 2.50. The predicted molar refractivity (Wildman–Crippen MR) is 99.7 cm³/mol. The molecule has 8 saturated carbocycles. The Kier molecular flexibility index (Phi) is 3.80. The Morgan fingerprint density at radius 1 is 0.500 bits per heavy atom. The summed E-state index contributed by atoms with van der Waals surface area (Å²) in [5, 5.41) is -1.40. The molecule has 0 aliphatic heterocycles. The molecule has 0 saturated heterocycles. The molecule has 28 heavy (non-hydrogen) atoms. The van der Waals surface area contributed by atoms with Gasteiger partial charge in [0.1, 0.15) is 0 Å². The lowest BCUT2D eigenvalue weighted by atomic mass is 9.55. The van der Waals surface area contributed by atoms with Crippen molar-refractivity contribution >= 4 is 7.92 Å². The molecule has 8 rings (SSSR count). The molecule has 0 spiro atoms. The van der Waals surface area contributed by atoms with E-state index in [0.29, 0.717) is 74.0 Å². The van der Waals surface area contributed by atoms with Gasteiger partial charge in [-0.15, -0.1) is 0 Å². The minimum atomic E-state index is -5.40. The van der Waals surface area contributed by atoms with Gasteiger partial charge in [-0.05, 0) is 131 Å². The molecule has 0 amide bonds. The van der Waals surface area contributed by atoms with Crippen molar-refractivity contribution < 1.29 is 22.0 Å². The molecular formula is C22H30F5P. The smallest absolute Gasteiger partial charge is 0.191 e. The van der Waals surface area contributed by atoms with Crippen molar-refractivity contribution in [2.45, 2.75) is 99.2 Å². The van der Waals surface area contributed by atoms with Crippen LogP contribution >= 0.6 is 7.92 Å². The molecule has 0 N–H and O–H groups in total. The summed E-state index contributed by atoms with van der Waals surface area (Å²) in [5.41, 5.74) is -4.49. The van der Waals surface area contributed by atoms with Crippen LogP contribution in [-0.2, 0) is 0 Å². The molecule has 8 aliphatic carbocycles. The van der Waals surface area contributed by atoms with E-state index in [1.165, 1.54) is 0 Å². The fourth-order valence-electron chi connectivity index (χ4n) is 9.90. The summed E-state index contributed by atoms with van der Waals surface area (Å²) in [7, 11) is -2.40. The molecule has 8 fully saturated rings. The Bertz CT molecular complexity index is 554. The molecule has 6 heteroatoms. The number of alkyl halides is 5. The summed E-state index contributed by atoms with van der Waals surface area (Å²) < 4.78 is 72.8. The van der Waals surface area contributed by atoms with Crippen LogP contribution in [0.5, 0.6) is 0 Å². The summed E-state index contributed by atoms with van der Waals surface area (Å²) in [6, 6.07) is 0. The molecule has 0 aromatic carbocycles. The van der Waals surface area contributed by atoms with E-state index >= 15 is 8.78 Å². The fourth-order valence-corrected chi connectivity index (χ4v) is 15.0. The summed E-state index contributed by atoms with van der Waals surface area (Å²) in [5.74, 6) is 2.47. The highest BCUT2D eigenvalue weighted by Crippen LogP contribution is 2.84. The zero-order valence-electron chi connectivity index (χ0n) is 16.3. The maximum Gasteiger partial charge on any atom is 0.457 e. The third-order valence-corrected chi connectivity index (χ3v) is 13.4. The summed E-state index contributed by atoms with van der Waals surface area (Å²) >= 11 is 0. The van der Waals surface area contributed by atoms with Gasteiger partial charge in [-0.1, -0.05) is 0 Å². The molecule has 8 aliphatic rings. The standard InChI is InChI=1S/C22H30F5P/c23-21(24,25)22(26,27)28(19-7-13-1-14(8-19)3-15(2-13)9-19)20-10-16-4-17(11-20)6-18(5-16)12-20/h13-18H,1-12H2. The van der Waals surface area contributed by atoms with Crippen LogP contribution in [-0.4, -0.2) is 22.2 Å². The Morgan fingerprint density at radius 3 is 0.964 bits per heavy atom. The van der Waals surface area contributed by atoms with E-state index in [-0.39, 0.29) is 0 Å². The van der Waals surface area contributed by atoms with E-state index in [4.69, 9.17) is 0 Å². The molecule has 8 bridgehead atoms. The maximum atomic E-state index is 15.5. The van der Waals surface area contributed by atoms with Gasteiger partial charge in [0.15, 0.2) is 0 Å². The lowest BCUT2D eigenvalue weighted by Crippen LogP contribution is -2.60. The van der Waals surface area contributed by atoms with Crippen molar-refractivity contribution in [1.82, 2.24) is 0 Å². The highest BCUT2D eigenvalue weighted by molar-refractivity contribution is 7.62. The minimum absolute atomic E-state index is 0.411.